The van der Waals surface area contributed by atoms with Gasteiger partial charge in [-0.15, -0.1) is 0 Å². The number of anilines is 1. The summed E-state index contributed by atoms with van der Waals surface area (Å²) in [5, 5.41) is 5.74. The van der Waals surface area contributed by atoms with Crippen molar-refractivity contribution in [3.8, 4) is 0 Å². The Morgan fingerprint density at radius 3 is 2.95 bits per heavy atom. The van der Waals surface area contributed by atoms with Crippen LogP contribution in [0.2, 0.25) is 0 Å². The van der Waals surface area contributed by atoms with Gasteiger partial charge in [-0.2, -0.15) is 0 Å². The van der Waals surface area contributed by atoms with E-state index in [1.165, 1.54) is 0 Å². The molecule has 20 heavy (non-hydrogen) atoms. The molecule has 1 aromatic carbocycles. The third kappa shape index (κ3) is 3.29. The molecule has 3 N–H and O–H groups in total. The minimum atomic E-state index is -3.67. The summed E-state index contributed by atoms with van der Waals surface area (Å²) in [5.41, 5.74) is 1.65. The van der Waals surface area contributed by atoms with Crippen molar-refractivity contribution in [3.63, 3.8) is 0 Å². The molecule has 0 saturated carbocycles. The molecular weight excluding hydrogens is 278 g/mol. The van der Waals surface area contributed by atoms with Crippen LogP contribution in [0, 0.1) is 0 Å². The van der Waals surface area contributed by atoms with Gasteiger partial charge >= 0.3 is 0 Å². The van der Waals surface area contributed by atoms with Gasteiger partial charge in [0.25, 0.3) is 0 Å². The Hall–Kier alpha value is -1.60. The number of hydrogen-bond acceptors (Lipinski definition) is 4. The second-order valence-corrected chi connectivity index (χ2v) is 6.33. The summed E-state index contributed by atoms with van der Waals surface area (Å²) < 4.78 is 26.9. The standard InChI is InChI=1S/C13H19N3O3S/c1-2-14-13(17)9-16-20(18,19)12-7-3-6-11-10(12)5-4-8-15-11/h3,6-7,15-16H,2,4-5,8-9H2,1H3,(H,14,17). The maximum Gasteiger partial charge on any atom is 0.241 e. The first-order valence-corrected chi connectivity index (χ1v) is 8.15. The molecule has 0 unspecified atom stereocenters. The van der Waals surface area contributed by atoms with Crippen molar-refractivity contribution in [2.75, 3.05) is 25.0 Å². The molecule has 0 aromatic heterocycles. The van der Waals surface area contributed by atoms with E-state index in [0.717, 1.165) is 30.6 Å². The van der Waals surface area contributed by atoms with Gasteiger partial charge in [-0.1, -0.05) is 6.07 Å². The Kier molecular flexibility index (Phi) is 4.61. The molecule has 2 rings (SSSR count). The fourth-order valence-electron chi connectivity index (χ4n) is 2.23. The predicted octanol–water partition coefficient (Wildman–Crippen LogP) is 0.459. The lowest BCUT2D eigenvalue weighted by Crippen LogP contribution is -2.37. The molecule has 0 atom stereocenters. The van der Waals surface area contributed by atoms with Gasteiger partial charge in [0.15, 0.2) is 0 Å². The number of benzene rings is 1. The third-order valence-electron chi connectivity index (χ3n) is 3.14. The minimum Gasteiger partial charge on any atom is -0.385 e. The maximum absolute atomic E-state index is 12.3. The molecule has 110 valence electrons. The largest absolute Gasteiger partial charge is 0.385 e. The van der Waals surface area contributed by atoms with E-state index < -0.39 is 10.0 Å². The Balaban J connectivity index is 2.19. The van der Waals surface area contributed by atoms with Crippen molar-refractivity contribution in [1.29, 1.82) is 0 Å². The molecule has 1 aromatic rings. The van der Waals surface area contributed by atoms with E-state index in [1.807, 2.05) is 6.07 Å². The summed E-state index contributed by atoms with van der Waals surface area (Å²) >= 11 is 0. The summed E-state index contributed by atoms with van der Waals surface area (Å²) in [6, 6.07) is 5.15. The Morgan fingerprint density at radius 2 is 2.20 bits per heavy atom. The predicted molar refractivity (Wildman–Crippen MR) is 77.1 cm³/mol. The number of carbonyl (C=O) groups excluding carboxylic acids is 1. The van der Waals surface area contributed by atoms with E-state index in [4.69, 9.17) is 0 Å². The number of nitrogens with one attached hydrogen (secondary N) is 3. The zero-order valence-electron chi connectivity index (χ0n) is 11.4. The first-order valence-electron chi connectivity index (χ1n) is 6.66. The first kappa shape index (κ1) is 14.8. The zero-order chi connectivity index (χ0) is 14.6. The third-order valence-corrected chi connectivity index (χ3v) is 4.62. The van der Waals surface area contributed by atoms with Gasteiger partial charge in [0.2, 0.25) is 15.9 Å². The highest BCUT2D eigenvalue weighted by Gasteiger charge is 2.22. The molecule has 0 radical (unpaired) electrons. The highest BCUT2D eigenvalue weighted by atomic mass is 32.2. The number of hydrogen-bond donors (Lipinski definition) is 3. The Morgan fingerprint density at radius 1 is 1.40 bits per heavy atom. The quantitative estimate of drug-likeness (QED) is 0.737. The fraction of sp³-hybridized carbons (Fsp3) is 0.462. The second kappa shape index (κ2) is 6.23. The lowest BCUT2D eigenvalue weighted by Gasteiger charge is -2.20. The lowest BCUT2D eigenvalue weighted by atomic mass is 10.0. The van der Waals surface area contributed by atoms with Gasteiger partial charge in [-0.25, -0.2) is 13.1 Å². The molecule has 1 aliphatic heterocycles. The molecule has 0 fully saturated rings. The molecule has 0 aliphatic carbocycles. The van der Waals surface area contributed by atoms with E-state index in [-0.39, 0.29) is 17.3 Å². The zero-order valence-corrected chi connectivity index (χ0v) is 12.2. The van der Waals surface area contributed by atoms with E-state index in [9.17, 15) is 13.2 Å². The van der Waals surface area contributed by atoms with Crippen LogP contribution >= 0.6 is 0 Å². The Labute approximate surface area is 119 Å². The van der Waals surface area contributed by atoms with Crippen LogP contribution < -0.4 is 15.4 Å². The first-order chi connectivity index (χ1) is 9.54. The van der Waals surface area contributed by atoms with Crippen LogP contribution in [0.3, 0.4) is 0 Å². The summed E-state index contributed by atoms with van der Waals surface area (Å²) in [7, 11) is -3.67. The highest BCUT2D eigenvalue weighted by molar-refractivity contribution is 7.89. The van der Waals surface area contributed by atoms with Gasteiger partial charge in [0.1, 0.15) is 0 Å². The molecule has 0 bridgehead atoms. The number of carbonyl (C=O) groups is 1. The summed E-state index contributed by atoms with van der Waals surface area (Å²) in [6.07, 6.45) is 1.62. The molecule has 1 aliphatic rings. The normalized spacial score (nSPS) is 14.2. The topological polar surface area (TPSA) is 87.3 Å². The van der Waals surface area contributed by atoms with E-state index >= 15 is 0 Å². The number of rotatable bonds is 5. The lowest BCUT2D eigenvalue weighted by molar-refractivity contribution is -0.119. The molecular formula is C13H19N3O3S. The molecule has 6 nitrogen and oxygen atoms in total. The van der Waals surface area contributed by atoms with Crippen LogP contribution in [0.15, 0.2) is 23.1 Å². The average Bonchev–Trinajstić information content (AvgIpc) is 2.45. The molecule has 1 amide bonds. The summed E-state index contributed by atoms with van der Waals surface area (Å²) in [4.78, 5) is 11.6. The van der Waals surface area contributed by atoms with Crippen LogP contribution in [-0.2, 0) is 21.2 Å². The fourth-order valence-corrected chi connectivity index (χ4v) is 3.50. The maximum atomic E-state index is 12.3. The summed E-state index contributed by atoms with van der Waals surface area (Å²) in [5.74, 6) is -0.334. The smallest absolute Gasteiger partial charge is 0.241 e. The molecule has 7 heteroatoms. The van der Waals surface area contributed by atoms with Crippen molar-refractivity contribution < 1.29 is 13.2 Å². The van der Waals surface area contributed by atoms with E-state index in [1.54, 1.807) is 19.1 Å². The van der Waals surface area contributed by atoms with Crippen LogP contribution in [0.4, 0.5) is 5.69 Å². The van der Waals surface area contributed by atoms with Crippen LogP contribution in [-0.4, -0.2) is 34.0 Å². The van der Waals surface area contributed by atoms with Crippen LogP contribution in [0.5, 0.6) is 0 Å². The van der Waals surface area contributed by atoms with Crippen molar-refractivity contribution in [3.05, 3.63) is 23.8 Å². The number of amides is 1. The number of fused-ring (bicyclic) bond motifs is 1. The second-order valence-electron chi connectivity index (χ2n) is 4.59. The summed E-state index contributed by atoms with van der Waals surface area (Å²) in [6.45, 7) is 2.87. The monoisotopic (exact) mass is 297 g/mol. The van der Waals surface area contributed by atoms with E-state index in [0.29, 0.717) is 6.54 Å². The Bertz CT molecular complexity index is 599. The van der Waals surface area contributed by atoms with Gasteiger partial charge < -0.3 is 10.6 Å². The molecule has 1 heterocycles. The molecule has 0 spiro atoms. The van der Waals surface area contributed by atoms with E-state index in [2.05, 4.69) is 15.4 Å². The molecule has 0 saturated heterocycles. The van der Waals surface area contributed by atoms with Gasteiger partial charge in [-0.05, 0) is 37.5 Å². The minimum absolute atomic E-state index is 0.243. The number of sulfonamides is 1. The van der Waals surface area contributed by atoms with Crippen molar-refractivity contribution in [2.45, 2.75) is 24.7 Å². The van der Waals surface area contributed by atoms with Gasteiger partial charge in [0.05, 0.1) is 11.4 Å². The van der Waals surface area contributed by atoms with Crippen molar-refractivity contribution in [1.82, 2.24) is 10.0 Å². The van der Waals surface area contributed by atoms with Gasteiger partial charge in [-0.3, -0.25) is 4.79 Å². The van der Waals surface area contributed by atoms with Crippen LogP contribution in [0.1, 0.15) is 18.9 Å². The van der Waals surface area contributed by atoms with Gasteiger partial charge in [0, 0.05) is 18.8 Å². The van der Waals surface area contributed by atoms with Crippen molar-refractivity contribution >= 4 is 21.6 Å². The number of likely N-dealkylation sites (N-methyl/N-ethyl adjacent to an activating group) is 1. The highest BCUT2D eigenvalue weighted by Crippen LogP contribution is 2.28. The van der Waals surface area contributed by atoms with Crippen molar-refractivity contribution in [2.24, 2.45) is 0 Å². The SMILES string of the molecule is CCNC(=O)CNS(=O)(=O)c1cccc2c1CCCN2. The average molecular weight is 297 g/mol. The van der Waals surface area contributed by atoms with Crippen LogP contribution in [0.25, 0.3) is 0 Å².